The number of nitrogens with zero attached hydrogens (tertiary/aromatic N) is 3. The molecule has 1 fully saturated rings. The summed E-state index contributed by atoms with van der Waals surface area (Å²) in [5.74, 6) is 0.463. The van der Waals surface area contributed by atoms with Gasteiger partial charge >= 0.3 is 12.2 Å². The number of rotatable bonds is 1. The van der Waals surface area contributed by atoms with E-state index in [1.165, 1.54) is 9.80 Å². The van der Waals surface area contributed by atoms with Crippen LogP contribution in [0.25, 0.3) is 11.0 Å². The fraction of sp³-hybridized carbons (Fsp3) is 0.308. The van der Waals surface area contributed by atoms with Crippen LogP contribution >= 0.6 is 22.6 Å². The van der Waals surface area contributed by atoms with E-state index in [0.29, 0.717) is 5.82 Å². The lowest BCUT2D eigenvalue weighted by molar-refractivity contribution is 0.0612. The molecule has 9 heteroatoms. The molecule has 1 aliphatic rings. The Morgan fingerprint density at radius 1 is 1.27 bits per heavy atom. The molecule has 116 valence electrons. The number of piperazine rings is 1. The molecular weight excluding hydrogens is 403 g/mol. The quantitative estimate of drug-likeness (QED) is 0.618. The van der Waals surface area contributed by atoms with Gasteiger partial charge in [0.15, 0.2) is 0 Å². The van der Waals surface area contributed by atoms with Crippen LogP contribution in [0.3, 0.4) is 0 Å². The summed E-state index contributed by atoms with van der Waals surface area (Å²) in [6, 6.07) is 5.04. The Bertz CT molecular complexity index is 747. The highest BCUT2D eigenvalue weighted by Gasteiger charge is 2.35. The van der Waals surface area contributed by atoms with E-state index in [2.05, 4.69) is 32.6 Å². The first-order valence-electron chi connectivity index (χ1n) is 6.58. The molecule has 0 spiro atoms. The molecule has 1 saturated heterocycles. The van der Waals surface area contributed by atoms with Gasteiger partial charge in [0, 0.05) is 16.7 Å². The molecule has 0 bridgehead atoms. The van der Waals surface area contributed by atoms with Gasteiger partial charge in [-0.15, -0.1) is 0 Å². The van der Waals surface area contributed by atoms with Crippen molar-refractivity contribution >= 4 is 45.8 Å². The van der Waals surface area contributed by atoms with Crippen LogP contribution in [0, 0.1) is 3.57 Å². The minimum Gasteiger partial charge on any atom is -0.465 e. The number of aromatic nitrogens is 2. The van der Waals surface area contributed by atoms with Gasteiger partial charge in [0.1, 0.15) is 11.9 Å². The van der Waals surface area contributed by atoms with Crippen molar-refractivity contribution in [2.45, 2.75) is 6.04 Å². The van der Waals surface area contributed by atoms with Crippen LogP contribution in [0.1, 0.15) is 11.9 Å². The SMILES string of the molecule is O=C(O)N1CCN(C(=O)O)C(c2nc3ccc(I)cc3[nH]2)C1. The lowest BCUT2D eigenvalue weighted by atomic mass is 10.1. The Morgan fingerprint density at radius 2 is 2.05 bits per heavy atom. The lowest BCUT2D eigenvalue weighted by Gasteiger charge is -2.37. The summed E-state index contributed by atoms with van der Waals surface area (Å²) in [5.41, 5.74) is 1.54. The molecule has 8 nitrogen and oxygen atoms in total. The van der Waals surface area contributed by atoms with Gasteiger partial charge in [-0.1, -0.05) is 0 Å². The highest BCUT2D eigenvalue weighted by molar-refractivity contribution is 14.1. The molecule has 1 atom stereocenters. The molecule has 22 heavy (non-hydrogen) atoms. The number of amides is 2. The van der Waals surface area contributed by atoms with Crippen molar-refractivity contribution in [3.8, 4) is 0 Å². The molecule has 1 aliphatic heterocycles. The number of aromatic amines is 1. The van der Waals surface area contributed by atoms with E-state index >= 15 is 0 Å². The zero-order valence-corrected chi connectivity index (χ0v) is 13.5. The van der Waals surface area contributed by atoms with Gasteiger partial charge in [0.25, 0.3) is 0 Å². The van der Waals surface area contributed by atoms with Gasteiger partial charge in [0.05, 0.1) is 17.6 Å². The number of hydrogen-bond donors (Lipinski definition) is 3. The van der Waals surface area contributed by atoms with Crippen LogP contribution in [0.5, 0.6) is 0 Å². The standard InChI is InChI=1S/C13H13IN4O4/c14-7-1-2-8-9(5-7)16-11(15-8)10-6-17(12(19)20)3-4-18(10)13(21)22/h1-2,5,10H,3-4,6H2,(H,15,16)(H,19,20)(H,21,22). The van der Waals surface area contributed by atoms with Crippen LogP contribution in [0.2, 0.25) is 0 Å². The van der Waals surface area contributed by atoms with Crippen molar-refractivity contribution in [1.82, 2.24) is 19.8 Å². The van der Waals surface area contributed by atoms with Crippen molar-refractivity contribution < 1.29 is 19.8 Å². The molecule has 1 unspecified atom stereocenters. The molecular formula is C13H13IN4O4. The molecule has 2 aromatic rings. The number of benzene rings is 1. The van der Waals surface area contributed by atoms with Gasteiger partial charge in [0.2, 0.25) is 0 Å². The smallest absolute Gasteiger partial charge is 0.408 e. The third-order valence-corrected chi connectivity index (χ3v) is 4.35. The highest BCUT2D eigenvalue weighted by Crippen LogP contribution is 2.26. The zero-order chi connectivity index (χ0) is 15.9. The third kappa shape index (κ3) is 2.67. The first-order valence-corrected chi connectivity index (χ1v) is 7.66. The zero-order valence-electron chi connectivity index (χ0n) is 11.4. The monoisotopic (exact) mass is 416 g/mol. The number of H-pyrrole nitrogens is 1. The maximum atomic E-state index is 11.4. The summed E-state index contributed by atoms with van der Waals surface area (Å²) in [6.07, 6.45) is -2.13. The maximum Gasteiger partial charge on any atom is 0.408 e. The van der Waals surface area contributed by atoms with Crippen molar-refractivity contribution in [3.05, 3.63) is 27.6 Å². The molecule has 1 aromatic carbocycles. The highest BCUT2D eigenvalue weighted by atomic mass is 127. The molecule has 0 saturated carbocycles. The van der Waals surface area contributed by atoms with Crippen LogP contribution in [-0.2, 0) is 0 Å². The van der Waals surface area contributed by atoms with Gasteiger partial charge in [-0.25, -0.2) is 14.6 Å². The molecule has 1 aromatic heterocycles. The topological polar surface area (TPSA) is 110 Å². The maximum absolute atomic E-state index is 11.4. The minimum absolute atomic E-state index is 0.0680. The van der Waals surface area contributed by atoms with E-state index < -0.39 is 18.2 Å². The first-order chi connectivity index (χ1) is 10.5. The summed E-state index contributed by atoms with van der Waals surface area (Å²) in [5, 5.41) is 18.5. The average Bonchev–Trinajstić information content (AvgIpc) is 2.89. The fourth-order valence-electron chi connectivity index (χ4n) is 2.58. The lowest BCUT2D eigenvalue weighted by Crippen LogP contribution is -2.52. The van der Waals surface area contributed by atoms with Gasteiger partial charge in [-0.3, -0.25) is 4.90 Å². The molecule has 0 radical (unpaired) electrons. The molecule has 0 aliphatic carbocycles. The van der Waals surface area contributed by atoms with Crippen molar-refractivity contribution in [1.29, 1.82) is 0 Å². The number of carboxylic acid groups (broad SMARTS) is 2. The predicted octanol–water partition coefficient (Wildman–Crippen LogP) is 2.18. The Morgan fingerprint density at radius 3 is 2.73 bits per heavy atom. The number of carbonyl (C=O) groups is 2. The molecule has 2 heterocycles. The van der Waals surface area contributed by atoms with E-state index in [-0.39, 0.29) is 19.6 Å². The molecule has 3 rings (SSSR count). The summed E-state index contributed by atoms with van der Waals surface area (Å²) in [7, 11) is 0. The van der Waals surface area contributed by atoms with Crippen molar-refractivity contribution in [2.75, 3.05) is 19.6 Å². The Hall–Kier alpha value is -2.04. The van der Waals surface area contributed by atoms with E-state index in [0.717, 1.165) is 14.6 Å². The van der Waals surface area contributed by atoms with Crippen LogP contribution in [0.4, 0.5) is 9.59 Å². The minimum atomic E-state index is -1.08. The van der Waals surface area contributed by atoms with E-state index in [9.17, 15) is 14.7 Å². The van der Waals surface area contributed by atoms with Crippen LogP contribution in [-0.4, -0.2) is 61.8 Å². The van der Waals surface area contributed by atoms with E-state index in [1.807, 2.05) is 18.2 Å². The predicted molar refractivity (Wildman–Crippen MR) is 85.9 cm³/mol. The molecule has 3 N–H and O–H groups in total. The fourth-order valence-corrected chi connectivity index (χ4v) is 3.07. The average molecular weight is 416 g/mol. The normalized spacial score (nSPS) is 18.7. The van der Waals surface area contributed by atoms with Crippen molar-refractivity contribution in [3.63, 3.8) is 0 Å². The number of nitrogens with one attached hydrogen (secondary N) is 1. The Balaban J connectivity index is 1.99. The number of hydrogen-bond acceptors (Lipinski definition) is 3. The van der Waals surface area contributed by atoms with E-state index in [4.69, 9.17) is 5.11 Å². The van der Waals surface area contributed by atoms with Crippen LogP contribution < -0.4 is 0 Å². The van der Waals surface area contributed by atoms with Crippen molar-refractivity contribution in [2.24, 2.45) is 0 Å². The first kappa shape index (κ1) is 14.9. The number of halogens is 1. The number of fused-ring (bicyclic) bond motifs is 1. The Labute approximate surface area is 138 Å². The van der Waals surface area contributed by atoms with Gasteiger partial charge in [-0.2, -0.15) is 0 Å². The third-order valence-electron chi connectivity index (χ3n) is 3.67. The van der Waals surface area contributed by atoms with Crippen LogP contribution in [0.15, 0.2) is 18.2 Å². The summed E-state index contributed by atoms with van der Waals surface area (Å²) in [4.78, 5) is 32.5. The van der Waals surface area contributed by atoms with Gasteiger partial charge < -0.3 is 20.1 Å². The second kappa shape index (κ2) is 5.63. The molecule has 2 amide bonds. The second-order valence-electron chi connectivity index (χ2n) is 5.00. The second-order valence-corrected chi connectivity index (χ2v) is 6.25. The number of imidazole rings is 1. The Kier molecular flexibility index (Phi) is 3.81. The van der Waals surface area contributed by atoms with Gasteiger partial charge in [-0.05, 0) is 40.8 Å². The summed E-state index contributed by atoms with van der Waals surface area (Å²) in [6.45, 7) is 0.357. The summed E-state index contributed by atoms with van der Waals surface area (Å²) < 4.78 is 1.03. The largest absolute Gasteiger partial charge is 0.465 e. The summed E-state index contributed by atoms with van der Waals surface area (Å²) >= 11 is 2.18. The van der Waals surface area contributed by atoms with E-state index in [1.54, 1.807) is 0 Å².